The van der Waals surface area contributed by atoms with Gasteiger partial charge in [0.15, 0.2) is 0 Å². The van der Waals surface area contributed by atoms with Gasteiger partial charge in [0.25, 0.3) is 0 Å². The van der Waals surface area contributed by atoms with E-state index in [4.69, 9.17) is 10.5 Å². The summed E-state index contributed by atoms with van der Waals surface area (Å²) in [5, 5.41) is 0. The summed E-state index contributed by atoms with van der Waals surface area (Å²) >= 11 is 0. The van der Waals surface area contributed by atoms with E-state index in [1.807, 2.05) is 24.3 Å². The summed E-state index contributed by atoms with van der Waals surface area (Å²) in [6.45, 7) is 4.37. The van der Waals surface area contributed by atoms with Crippen LogP contribution in [0, 0.1) is 0 Å². The summed E-state index contributed by atoms with van der Waals surface area (Å²) in [6, 6.07) is 0. The minimum atomic E-state index is 0.599. The molecule has 0 fully saturated rings. The lowest BCUT2D eigenvalue weighted by Gasteiger charge is -1.98. The molecule has 0 bridgehead atoms. The Hall–Kier alpha value is -0.600. The van der Waals surface area contributed by atoms with E-state index in [-0.39, 0.29) is 0 Å². The average molecular weight is 183 g/mol. The maximum atomic E-state index is 5.36. The second-order valence-electron chi connectivity index (χ2n) is 2.87. The molecular formula is C11H21NO. The fourth-order valence-corrected chi connectivity index (χ4v) is 0.897. The quantitative estimate of drug-likeness (QED) is 0.463. The summed E-state index contributed by atoms with van der Waals surface area (Å²) in [4.78, 5) is 0. The Morgan fingerprint density at radius 3 is 2.62 bits per heavy atom. The Labute approximate surface area is 81.5 Å². The van der Waals surface area contributed by atoms with Crippen molar-refractivity contribution < 1.29 is 4.74 Å². The van der Waals surface area contributed by atoms with E-state index in [0.717, 1.165) is 6.61 Å². The summed E-state index contributed by atoms with van der Waals surface area (Å²) in [6.07, 6.45) is 11.5. The van der Waals surface area contributed by atoms with Crippen LogP contribution in [0.4, 0.5) is 0 Å². The van der Waals surface area contributed by atoms with Crippen LogP contribution in [0.2, 0.25) is 0 Å². The lowest BCUT2D eigenvalue weighted by atomic mass is 10.3. The molecule has 0 rings (SSSR count). The SMILES string of the molecule is CCCCCOC/C=C/C=C/CN. The molecule has 2 heteroatoms. The summed E-state index contributed by atoms with van der Waals surface area (Å²) < 4.78 is 5.36. The Balaban J connectivity index is 3.06. The molecule has 0 aromatic heterocycles. The molecule has 76 valence electrons. The molecule has 0 radical (unpaired) electrons. The van der Waals surface area contributed by atoms with Crippen molar-refractivity contribution in [1.29, 1.82) is 0 Å². The number of nitrogens with two attached hydrogens (primary N) is 1. The fourth-order valence-electron chi connectivity index (χ4n) is 0.897. The van der Waals surface area contributed by atoms with E-state index in [1.165, 1.54) is 19.3 Å². The van der Waals surface area contributed by atoms with Crippen LogP contribution in [0.3, 0.4) is 0 Å². The normalized spacial score (nSPS) is 11.8. The first kappa shape index (κ1) is 12.4. The lowest BCUT2D eigenvalue weighted by molar-refractivity contribution is 0.157. The van der Waals surface area contributed by atoms with Crippen molar-refractivity contribution in [2.24, 2.45) is 5.73 Å². The number of hydrogen-bond acceptors (Lipinski definition) is 2. The van der Waals surface area contributed by atoms with Gasteiger partial charge in [-0.3, -0.25) is 0 Å². The molecule has 0 aliphatic rings. The third-order valence-corrected chi connectivity index (χ3v) is 1.63. The second kappa shape index (κ2) is 11.4. The van der Waals surface area contributed by atoms with Crippen molar-refractivity contribution >= 4 is 0 Å². The average Bonchev–Trinajstić information content (AvgIpc) is 2.16. The van der Waals surface area contributed by atoms with Gasteiger partial charge in [0.2, 0.25) is 0 Å². The van der Waals surface area contributed by atoms with Gasteiger partial charge in [-0.15, -0.1) is 0 Å². The molecular weight excluding hydrogens is 162 g/mol. The van der Waals surface area contributed by atoms with Crippen molar-refractivity contribution in [1.82, 2.24) is 0 Å². The zero-order valence-electron chi connectivity index (χ0n) is 8.54. The second-order valence-corrected chi connectivity index (χ2v) is 2.87. The number of unbranched alkanes of at least 4 members (excludes halogenated alkanes) is 2. The Kier molecular flexibility index (Phi) is 10.9. The predicted octanol–water partition coefficient (Wildman–Crippen LogP) is 2.26. The smallest absolute Gasteiger partial charge is 0.0650 e. The summed E-state index contributed by atoms with van der Waals surface area (Å²) in [5.41, 5.74) is 5.27. The molecule has 2 nitrogen and oxygen atoms in total. The number of allylic oxidation sites excluding steroid dienone is 2. The highest BCUT2D eigenvalue weighted by atomic mass is 16.5. The van der Waals surface area contributed by atoms with E-state index in [1.54, 1.807) is 0 Å². The van der Waals surface area contributed by atoms with Crippen LogP contribution in [0.5, 0.6) is 0 Å². The van der Waals surface area contributed by atoms with Crippen LogP contribution < -0.4 is 5.73 Å². The highest BCUT2D eigenvalue weighted by Gasteiger charge is 1.84. The first-order valence-corrected chi connectivity index (χ1v) is 5.01. The Bertz CT molecular complexity index is 141. The number of rotatable bonds is 8. The Morgan fingerprint density at radius 2 is 1.92 bits per heavy atom. The van der Waals surface area contributed by atoms with Crippen LogP contribution in [-0.2, 0) is 4.74 Å². The molecule has 13 heavy (non-hydrogen) atoms. The maximum absolute atomic E-state index is 5.36. The van der Waals surface area contributed by atoms with Crippen molar-refractivity contribution in [3.05, 3.63) is 24.3 Å². The number of ether oxygens (including phenoxy) is 1. The molecule has 0 aliphatic heterocycles. The summed E-state index contributed by atoms with van der Waals surface area (Å²) in [7, 11) is 0. The zero-order chi connectivity index (χ0) is 9.78. The molecule has 0 amide bonds. The molecule has 0 aromatic carbocycles. The van der Waals surface area contributed by atoms with Crippen molar-refractivity contribution in [3.8, 4) is 0 Å². The molecule has 0 unspecified atom stereocenters. The lowest BCUT2D eigenvalue weighted by Crippen LogP contribution is -1.93. The largest absolute Gasteiger partial charge is 0.377 e. The van der Waals surface area contributed by atoms with Gasteiger partial charge in [0.1, 0.15) is 0 Å². The van der Waals surface area contributed by atoms with E-state index < -0.39 is 0 Å². The van der Waals surface area contributed by atoms with Crippen molar-refractivity contribution in [2.75, 3.05) is 19.8 Å². The predicted molar refractivity (Wildman–Crippen MR) is 57.7 cm³/mol. The highest BCUT2D eigenvalue weighted by Crippen LogP contribution is 1.93. The highest BCUT2D eigenvalue weighted by molar-refractivity contribution is 5.02. The summed E-state index contributed by atoms with van der Waals surface area (Å²) in [5.74, 6) is 0. The topological polar surface area (TPSA) is 35.2 Å². The molecule has 2 N–H and O–H groups in total. The molecule has 0 aromatic rings. The van der Waals surface area contributed by atoms with Gasteiger partial charge in [-0.2, -0.15) is 0 Å². The van der Waals surface area contributed by atoms with E-state index >= 15 is 0 Å². The molecule has 0 aliphatic carbocycles. The molecule has 0 heterocycles. The van der Waals surface area contributed by atoms with Crippen molar-refractivity contribution in [2.45, 2.75) is 26.2 Å². The fraction of sp³-hybridized carbons (Fsp3) is 0.636. The first-order valence-electron chi connectivity index (χ1n) is 5.01. The first-order chi connectivity index (χ1) is 6.41. The molecule has 0 saturated carbocycles. The van der Waals surface area contributed by atoms with Crippen LogP contribution in [0.15, 0.2) is 24.3 Å². The van der Waals surface area contributed by atoms with Gasteiger partial charge >= 0.3 is 0 Å². The third kappa shape index (κ3) is 11.4. The molecule has 0 saturated heterocycles. The molecule has 0 spiro atoms. The van der Waals surface area contributed by atoms with Gasteiger partial charge in [-0.05, 0) is 6.42 Å². The van der Waals surface area contributed by atoms with Gasteiger partial charge in [-0.25, -0.2) is 0 Å². The van der Waals surface area contributed by atoms with Crippen LogP contribution in [0.25, 0.3) is 0 Å². The van der Waals surface area contributed by atoms with E-state index in [0.29, 0.717) is 13.2 Å². The van der Waals surface area contributed by atoms with Crippen LogP contribution in [0.1, 0.15) is 26.2 Å². The zero-order valence-corrected chi connectivity index (χ0v) is 8.54. The van der Waals surface area contributed by atoms with Gasteiger partial charge in [0, 0.05) is 13.2 Å². The monoisotopic (exact) mass is 183 g/mol. The molecule has 0 atom stereocenters. The van der Waals surface area contributed by atoms with Crippen LogP contribution in [-0.4, -0.2) is 19.8 Å². The van der Waals surface area contributed by atoms with Gasteiger partial charge in [-0.1, -0.05) is 44.1 Å². The van der Waals surface area contributed by atoms with Gasteiger partial charge in [0.05, 0.1) is 6.61 Å². The minimum absolute atomic E-state index is 0.599. The standard InChI is InChI=1S/C11H21NO/c1-2-3-7-10-13-11-8-5-4-6-9-12/h4-6,8H,2-3,7,9-12H2,1H3/b6-4+,8-5+. The minimum Gasteiger partial charge on any atom is -0.377 e. The third-order valence-electron chi connectivity index (χ3n) is 1.63. The number of hydrogen-bond donors (Lipinski definition) is 1. The van der Waals surface area contributed by atoms with E-state index in [2.05, 4.69) is 6.92 Å². The van der Waals surface area contributed by atoms with Crippen LogP contribution >= 0.6 is 0 Å². The Morgan fingerprint density at radius 1 is 1.15 bits per heavy atom. The van der Waals surface area contributed by atoms with Gasteiger partial charge < -0.3 is 10.5 Å². The van der Waals surface area contributed by atoms with Crippen molar-refractivity contribution in [3.63, 3.8) is 0 Å². The van der Waals surface area contributed by atoms with E-state index in [9.17, 15) is 0 Å². The maximum Gasteiger partial charge on any atom is 0.0650 e.